The van der Waals surface area contributed by atoms with Crippen molar-refractivity contribution in [1.29, 1.82) is 0 Å². The summed E-state index contributed by atoms with van der Waals surface area (Å²) in [6.07, 6.45) is 0. The Labute approximate surface area is 100 Å². The zero-order chi connectivity index (χ0) is 13.9. The molecule has 0 aliphatic carbocycles. The molecule has 0 aromatic heterocycles. The van der Waals surface area contributed by atoms with Crippen LogP contribution in [0.5, 0.6) is 0 Å². The van der Waals surface area contributed by atoms with E-state index < -0.39 is 33.2 Å². The average molecular weight is 255 g/mol. The molecule has 0 aliphatic rings. The minimum atomic E-state index is -1.23. The highest BCUT2D eigenvalue weighted by atomic mass is 16.6. The summed E-state index contributed by atoms with van der Waals surface area (Å²) < 4.78 is 0. The summed E-state index contributed by atoms with van der Waals surface area (Å²) in [6.45, 7) is 1.27. The van der Waals surface area contributed by atoms with Crippen LogP contribution in [-0.4, -0.2) is 27.0 Å². The van der Waals surface area contributed by atoms with Crippen molar-refractivity contribution in [2.75, 3.05) is 5.32 Å². The predicted octanol–water partition coefficient (Wildman–Crippen LogP) is 1.39. The van der Waals surface area contributed by atoms with Crippen LogP contribution in [0.25, 0.3) is 0 Å². The number of nitro benzene ring substituents is 2. The van der Waals surface area contributed by atoms with Gasteiger partial charge in [0.05, 0.1) is 9.85 Å². The first-order valence-corrected chi connectivity index (χ1v) is 4.75. The van der Waals surface area contributed by atoms with Gasteiger partial charge in [-0.2, -0.15) is 0 Å². The molecule has 0 aliphatic heterocycles. The number of rotatable bonds is 5. The summed E-state index contributed by atoms with van der Waals surface area (Å²) in [4.78, 5) is 30.3. The summed E-state index contributed by atoms with van der Waals surface area (Å²) in [7, 11) is 0. The monoisotopic (exact) mass is 255 g/mol. The summed E-state index contributed by atoms with van der Waals surface area (Å²) in [5, 5.41) is 32.5. The molecule has 0 radical (unpaired) electrons. The van der Waals surface area contributed by atoms with Crippen LogP contribution in [0.3, 0.4) is 0 Å². The second-order valence-electron chi connectivity index (χ2n) is 3.39. The standard InChI is InChI=1S/C9H9N3O6/c1-5(9(13)14)10-6-3-2-4-7(11(15)16)8(6)12(17)18/h2-5,10H,1H3,(H,13,14)/t5-/m0/s1. The molecule has 96 valence electrons. The maximum atomic E-state index is 10.8. The lowest BCUT2D eigenvalue weighted by atomic mass is 10.2. The minimum absolute atomic E-state index is 0.205. The first-order chi connectivity index (χ1) is 8.34. The van der Waals surface area contributed by atoms with Crippen LogP contribution in [0, 0.1) is 20.2 Å². The van der Waals surface area contributed by atoms with E-state index >= 15 is 0 Å². The maximum absolute atomic E-state index is 10.8. The molecular formula is C9H9N3O6. The summed E-state index contributed by atoms with van der Waals surface area (Å²) in [5.41, 5.74) is -1.65. The molecular weight excluding hydrogens is 246 g/mol. The van der Waals surface area contributed by atoms with Gasteiger partial charge in [0.15, 0.2) is 0 Å². The highest BCUT2D eigenvalue weighted by Gasteiger charge is 2.29. The fourth-order valence-electron chi connectivity index (χ4n) is 1.28. The smallest absolute Gasteiger partial charge is 0.368 e. The van der Waals surface area contributed by atoms with Crippen molar-refractivity contribution in [3.05, 3.63) is 38.4 Å². The van der Waals surface area contributed by atoms with Crippen molar-refractivity contribution in [3.63, 3.8) is 0 Å². The van der Waals surface area contributed by atoms with Gasteiger partial charge in [0.2, 0.25) is 0 Å². The number of carbonyl (C=O) groups is 1. The molecule has 0 saturated heterocycles. The van der Waals surface area contributed by atoms with Crippen LogP contribution in [0.15, 0.2) is 18.2 Å². The van der Waals surface area contributed by atoms with Crippen molar-refractivity contribution >= 4 is 23.0 Å². The van der Waals surface area contributed by atoms with E-state index in [2.05, 4.69) is 5.32 Å². The van der Waals surface area contributed by atoms with Crippen LogP contribution in [0.1, 0.15) is 6.92 Å². The number of nitrogens with zero attached hydrogens (tertiary/aromatic N) is 2. The third-order valence-corrected chi connectivity index (χ3v) is 2.14. The quantitative estimate of drug-likeness (QED) is 0.599. The van der Waals surface area contributed by atoms with E-state index in [1.807, 2.05) is 0 Å². The zero-order valence-corrected chi connectivity index (χ0v) is 9.19. The lowest BCUT2D eigenvalue weighted by Crippen LogP contribution is -2.25. The molecule has 1 rings (SSSR count). The second kappa shape index (κ2) is 5.08. The fraction of sp³-hybridized carbons (Fsp3) is 0.222. The first-order valence-electron chi connectivity index (χ1n) is 4.75. The number of aliphatic carboxylic acids is 1. The molecule has 0 spiro atoms. The number of hydrogen-bond donors (Lipinski definition) is 2. The molecule has 0 heterocycles. The van der Waals surface area contributed by atoms with Gasteiger partial charge in [-0.3, -0.25) is 25.0 Å². The molecule has 9 nitrogen and oxygen atoms in total. The predicted molar refractivity (Wildman–Crippen MR) is 60.5 cm³/mol. The molecule has 1 aromatic rings. The third kappa shape index (κ3) is 2.70. The highest BCUT2D eigenvalue weighted by Crippen LogP contribution is 2.34. The Kier molecular flexibility index (Phi) is 3.77. The van der Waals surface area contributed by atoms with Crippen molar-refractivity contribution in [3.8, 4) is 0 Å². The van der Waals surface area contributed by atoms with Gasteiger partial charge in [-0.15, -0.1) is 0 Å². The van der Waals surface area contributed by atoms with E-state index in [4.69, 9.17) is 5.11 Å². The first kappa shape index (κ1) is 13.4. The van der Waals surface area contributed by atoms with Crippen LogP contribution in [0.4, 0.5) is 17.1 Å². The second-order valence-corrected chi connectivity index (χ2v) is 3.39. The van der Waals surface area contributed by atoms with Gasteiger partial charge >= 0.3 is 17.3 Å². The van der Waals surface area contributed by atoms with Crippen LogP contribution in [-0.2, 0) is 4.79 Å². The van der Waals surface area contributed by atoms with E-state index in [-0.39, 0.29) is 5.69 Å². The average Bonchev–Trinajstić information content (AvgIpc) is 2.27. The SMILES string of the molecule is C[C@H](Nc1cccc([N+](=O)[O-])c1[N+](=O)[O-])C(=O)O. The highest BCUT2D eigenvalue weighted by molar-refractivity contribution is 5.80. The molecule has 2 N–H and O–H groups in total. The largest absolute Gasteiger partial charge is 0.480 e. The Morgan fingerprint density at radius 3 is 2.39 bits per heavy atom. The molecule has 0 bridgehead atoms. The third-order valence-electron chi connectivity index (χ3n) is 2.14. The minimum Gasteiger partial charge on any atom is -0.480 e. The van der Waals surface area contributed by atoms with Crippen molar-refractivity contribution < 1.29 is 19.7 Å². The number of para-hydroxylation sites is 1. The van der Waals surface area contributed by atoms with Crippen LogP contribution >= 0.6 is 0 Å². The van der Waals surface area contributed by atoms with Gasteiger partial charge in [-0.1, -0.05) is 6.07 Å². The van der Waals surface area contributed by atoms with Crippen LogP contribution < -0.4 is 5.32 Å². The zero-order valence-electron chi connectivity index (χ0n) is 9.19. The number of benzene rings is 1. The maximum Gasteiger partial charge on any atom is 0.368 e. The molecule has 1 aromatic carbocycles. The van der Waals surface area contributed by atoms with Crippen molar-refractivity contribution in [2.24, 2.45) is 0 Å². The molecule has 9 heteroatoms. The summed E-state index contributed by atoms with van der Waals surface area (Å²) in [6, 6.07) is 2.33. The summed E-state index contributed by atoms with van der Waals surface area (Å²) >= 11 is 0. The number of nitro groups is 2. The fourth-order valence-corrected chi connectivity index (χ4v) is 1.28. The van der Waals surface area contributed by atoms with Gasteiger partial charge in [0.25, 0.3) is 0 Å². The molecule has 0 fully saturated rings. The van der Waals surface area contributed by atoms with Gasteiger partial charge in [0.1, 0.15) is 11.7 Å². The number of nitrogens with one attached hydrogen (secondary N) is 1. The van der Waals surface area contributed by atoms with E-state index in [9.17, 15) is 25.0 Å². The number of carboxylic acid groups (broad SMARTS) is 1. The lowest BCUT2D eigenvalue weighted by Gasteiger charge is -2.10. The van der Waals surface area contributed by atoms with E-state index in [0.29, 0.717) is 0 Å². The van der Waals surface area contributed by atoms with Crippen molar-refractivity contribution in [1.82, 2.24) is 0 Å². The molecule has 18 heavy (non-hydrogen) atoms. The number of hydrogen-bond acceptors (Lipinski definition) is 6. The number of carboxylic acids is 1. The molecule has 0 saturated carbocycles. The van der Waals surface area contributed by atoms with Crippen LogP contribution in [0.2, 0.25) is 0 Å². The van der Waals surface area contributed by atoms with E-state index in [1.165, 1.54) is 19.1 Å². The Bertz CT molecular complexity index is 515. The lowest BCUT2D eigenvalue weighted by molar-refractivity contribution is -0.421. The van der Waals surface area contributed by atoms with Crippen molar-refractivity contribution in [2.45, 2.75) is 13.0 Å². The molecule has 1 atom stereocenters. The van der Waals surface area contributed by atoms with Gasteiger partial charge in [-0.05, 0) is 13.0 Å². The molecule has 0 unspecified atom stereocenters. The van der Waals surface area contributed by atoms with Gasteiger partial charge < -0.3 is 10.4 Å². The Balaban J connectivity index is 3.27. The normalized spacial score (nSPS) is 11.6. The van der Waals surface area contributed by atoms with E-state index in [0.717, 1.165) is 6.07 Å². The Morgan fingerprint density at radius 2 is 1.94 bits per heavy atom. The Morgan fingerprint density at radius 1 is 1.33 bits per heavy atom. The van der Waals surface area contributed by atoms with Gasteiger partial charge in [-0.25, -0.2) is 0 Å². The topological polar surface area (TPSA) is 136 Å². The molecule has 0 amide bonds. The number of anilines is 1. The van der Waals surface area contributed by atoms with Gasteiger partial charge in [0, 0.05) is 6.07 Å². The van der Waals surface area contributed by atoms with E-state index in [1.54, 1.807) is 0 Å². The summed E-state index contributed by atoms with van der Waals surface area (Å²) in [5.74, 6) is -1.23. The Hall–Kier alpha value is -2.71.